The van der Waals surface area contributed by atoms with E-state index in [1.54, 1.807) is 12.1 Å². The zero-order valence-electron chi connectivity index (χ0n) is 11.8. The van der Waals surface area contributed by atoms with Gasteiger partial charge in [0.05, 0.1) is 7.11 Å². The van der Waals surface area contributed by atoms with Crippen LogP contribution in [0.5, 0.6) is 5.75 Å². The molecule has 0 aliphatic rings. The van der Waals surface area contributed by atoms with Gasteiger partial charge in [-0.1, -0.05) is 56.1 Å². The number of benzene rings is 2. The molecule has 21 heavy (non-hydrogen) atoms. The molecule has 2 aromatic carbocycles. The highest BCUT2D eigenvalue weighted by Crippen LogP contribution is 2.24. The molecule has 0 aliphatic heterocycles. The van der Waals surface area contributed by atoms with E-state index >= 15 is 0 Å². The normalized spacial score (nSPS) is 12.2. The first-order valence-corrected chi connectivity index (χ1v) is 8.67. The summed E-state index contributed by atoms with van der Waals surface area (Å²) in [5.41, 5.74) is 2.26. The maximum absolute atomic E-state index is 13.8. The van der Waals surface area contributed by atoms with Gasteiger partial charge >= 0.3 is 0 Å². The summed E-state index contributed by atoms with van der Waals surface area (Å²) >= 11 is 7.15. The minimum atomic E-state index is -0.302. The quantitative estimate of drug-likeness (QED) is 0.574. The van der Waals surface area contributed by atoms with Gasteiger partial charge < -0.3 is 4.74 Å². The summed E-state index contributed by atoms with van der Waals surface area (Å²) in [6, 6.07) is 13.4. The summed E-state index contributed by atoms with van der Waals surface area (Å²) in [5.74, 6) is 0.403. The molecule has 112 valence electrons. The van der Waals surface area contributed by atoms with Crippen LogP contribution >= 0.6 is 31.9 Å². The van der Waals surface area contributed by atoms with Crippen LogP contribution in [-0.4, -0.2) is 12.4 Å². The van der Waals surface area contributed by atoms with Crippen LogP contribution in [0.25, 0.3) is 0 Å². The molecule has 0 N–H and O–H groups in total. The largest absolute Gasteiger partial charge is 0.494 e. The van der Waals surface area contributed by atoms with Gasteiger partial charge in [0.1, 0.15) is 0 Å². The minimum absolute atomic E-state index is 0.292. The summed E-state index contributed by atoms with van der Waals surface area (Å²) < 4.78 is 19.8. The number of ether oxygens (including phenoxy) is 1. The zero-order valence-corrected chi connectivity index (χ0v) is 15.0. The molecular weight excluding hydrogens is 399 g/mol. The topological polar surface area (TPSA) is 9.23 Å². The van der Waals surface area contributed by atoms with E-state index in [-0.39, 0.29) is 5.82 Å². The second-order valence-corrected chi connectivity index (χ2v) is 6.49. The van der Waals surface area contributed by atoms with Gasteiger partial charge in [-0.3, -0.25) is 0 Å². The van der Waals surface area contributed by atoms with Crippen LogP contribution in [0.15, 0.2) is 46.9 Å². The Morgan fingerprint density at radius 3 is 2.52 bits per heavy atom. The summed E-state index contributed by atoms with van der Waals surface area (Å²) in [5, 5.41) is 0.877. The molecule has 0 fully saturated rings. The Kier molecular flexibility index (Phi) is 6.24. The molecule has 0 amide bonds. The van der Waals surface area contributed by atoms with E-state index in [0.717, 1.165) is 28.2 Å². The van der Waals surface area contributed by atoms with Gasteiger partial charge in [0.15, 0.2) is 11.6 Å². The Morgan fingerprint density at radius 2 is 1.90 bits per heavy atom. The Hall–Kier alpha value is -0.870. The van der Waals surface area contributed by atoms with Crippen molar-refractivity contribution >= 4 is 31.9 Å². The van der Waals surface area contributed by atoms with Crippen molar-refractivity contribution in [2.45, 2.75) is 12.8 Å². The van der Waals surface area contributed by atoms with Gasteiger partial charge in [-0.25, -0.2) is 4.39 Å². The Labute approximate surface area is 141 Å². The Morgan fingerprint density at radius 1 is 1.14 bits per heavy atom. The van der Waals surface area contributed by atoms with E-state index in [0.29, 0.717) is 11.7 Å². The molecule has 0 bridgehead atoms. The average molecular weight is 416 g/mol. The summed E-state index contributed by atoms with van der Waals surface area (Å²) in [7, 11) is 1.48. The number of hydrogen-bond acceptors (Lipinski definition) is 1. The molecule has 0 radical (unpaired) electrons. The second-order valence-electron chi connectivity index (χ2n) is 4.99. The number of rotatable bonds is 6. The van der Waals surface area contributed by atoms with Crippen molar-refractivity contribution in [3.8, 4) is 5.75 Å². The Bertz CT molecular complexity index is 601. The number of hydrogen-bond donors (Lipinski definition) is 0. The van der Waals surface area contributed by atoms with Crippen molar-refractivity contribution in [2.24, 2.45) is 5.92 Å². The first kappa shape index (κ1) is 16.5. The third-order valence-electron chi connectivity index (χ3n) is 3.43. The third-order valence-corrected chi connectivity index (χ3v) is 5.11. The van der Waals surface area contributed by atoms with Crippen molar-refractivity contribution in [3.05, 3.63) is 63.9 Å². The molecule has 0 heterocycles. The highest BCUT2D eigenvalue weighted by Gasteiger charge is 2.13. The molecular formula is C17H17Br2FO. The lowest BCUT2D eigenvalue weighted by molar-refractivity contribution is 0.386. The van der Waals surface area contributed by atoms with E-state index in [2.05, 4.69) is 37.9 Å². The first-order valence-electron chi connectivity index (χ1n) is 6.75. The maximum Gasteiger partial charge on any atom is 0.165 e. The molecule has 1 atom stereocenters. The van der Waals surface area contributed by atoms with Crippen LogP contribution in [0.1, 0.15) is 11.1 Å². The molecule has 0 aliphatic carbocycles. The summed E-state index contributed by atoms with van der Waals surface area (Å²) in [6.45, 7) is 0. The maximum atomic E-state index is 13.8. The van der Waals surface area contributed by atoms with Crippen LogP contribution in [0.2, 0.25) is 0 Å². The SMILES string of the molecule is COc1ccc(CC(CBr)Cc2ccccc2Br)cc1F. The lowest BCUT2D eigenvalue weighted by Gasteiger charge is -2.16. The highest BCUT2D eigenvalue weighted by molar-refractivity contribution is 9.10. The molecule has 0 spiro atoms. The van der Waals surface area contributed by atoms with E-state index in [9.17, 15) is 4.39 Å². The molecule has 4 heteroatoms. The fraction of sp³-hybridized carbons (Fsp3) is 0.294. The van der Waals surface area contributed by atoms with Crippen LogP contribution in [0.3, 0.4) is 0 Å². The van der Waals surface area contributed by atoms with Gasteiger partial charge in [0.2, 0.25) is 0 Å². The van der Waals surface area contributed by atoms with E-state index in [4.69, 9.17) is 4.74 Å². The number of methoxy groups -OCH3 is 1. The highest BCUT2D eigenvalue weighted by atomic mass is 79.9. The average Bonchev–Trinajstić information content (AvgIpc) is 2.49. The van der Waals surface area contributed by atoms with Gasteiger partial charge in [-0.05, 0) is 48.1 Å². The van der Waals surface area contributed by atoms with Crippen molar-refractivity contribution in [1.82, 2.24) is 0 Å². The summed E-state index contributed by atoms with van der Waals surface area (Å²) in [4.78, 5) is 0. The van der Waals surface area contributed by atoms with Crippen molar-refractivity contribution in [1.29, 1.82) is 0 Å². The predicted octanol–water partition coefficient (Wildman–Crippen LogP) is 5.39. The molecule has 2 aromatic rings. The Balaban J connectivity index is 2.09. The van der Waals surface area contributed by atoms with Crippen molar-refractivity contribution in [3.63, 3.8) is 0 Å². The standard InChI is InChI=1S/C17H17Br2FO/c1-21-17-7-6-12(10-16(17)20)8-13(11-18)9-14-4-2-3-5-15(14)19/h2-7,10,13H,8-9,11H2,1H3. The molecule has 2 rings (SSSR count). The van der Waals surface area contributed by atoms with Gasteiger partial charge in [-0.15, -0.1) is 0 Å². The lowest BCUT2D eigenvalue weighted by Crippen LogP contribution is -2.10. The second kappa shape index (κ2) is 7.95. The molecule has 0 saturated heterocycles. The predicted molar refractivity (Wildman–Crippen MR) is 91.8 cm³/mol. The third kappa shape index (κ3) is 4.55. The smallest absolute Gasteiger partial charge is 0.165 e. The first-order chi connectivity index (χ1) is 10.1. The van der Waals surface area contributed by atoms with Crippen LogP contribution in [0, 0.1) is 11.7 Å². The summed E-state index contributed by atoms with van der Waals surface area (Å²) in [6.07, 6.45) is 1.77. The van der Waals surface area contributed by atoms with E-state index in [1.807, 2.05) is 24.3 Å². The minimum Gasteiger partial charge on any atom is -0.494 e. The fourth-order valence-corrected chi connectivity index (χ4v) is 3.23. The van der Waals surface area contributed by atoms with Crippen LogP contribution < -0.4 is 4.74 Å². The van der Waals surface area contributed by atoms with Crippen molar-refractivity contribution in [2.75, 3.05) is 12.4 Å². The van der Waals surface area contributed by atoms with Crippen LogP contribution in [-0.2, 0) is 12.8 Å². The molecule has 0 saturated carbocycles. The molecule has 0 aromatic heterocycles. The number of halogens is 3. The van der Waals surface area contributed by atoms with E-state index in [1.165, 1.54) is 12.7 Å². The number of alkyl halides is 1. The van der Waals surface area contributed by atoms with E-state index < -0.39 is 0 Å². The lowest BCUT2D eigenvalue weighted by atomic mass is 9.94. The monoisotopic (exact) mass is 414 g/mol. The van der Waals surface area contributed by atoms with Gasteiger partial charge in [0.25, 0.3) is 0 Å². The van der Waals surface area contributed by atoms with Crippen LogP contribution in [0.4, 0.5) is 4.39 Å². The zero-order chi connectivity index (χ0) is 15.2. The fourth-order valence-electron chi connectivity index (χ4n) is 2.33. The molecule has 1 nitrogen and oxygen atoms in total. The van der Waals surface area contributed by atoms with Crippen molar-refractivity contribution < 1.29 is 9.13 Å². The van der Waals surface area contributed by atoms with Gasteiger partial charge in [0, 0.05) is 9.80 Å². The van der Waals surface area contributed by atoms with Gasteiger partial charge in [-0.2, -0.15) is 0 Å². The molecule has 1 unspecified atom stereocenters.